The Kier molecular flexibility index (Phi) is 8.70. The molecule has 0 aliphatic heterocycles. The van der Waals surface area contributed by atoms with E-state index in [-0.39, 0.29) is 23.5 Å². The summed E-state index contributed by atoms with van der Waals surface area (Å²) in [5.74, 6) is -0.863. The lowest BCUT2D eigenvalue weighted by Crippen LogP contribution is -2.43. The van der Waals surface area contributed by atoms with E-state index in [2.05, 4.69) is 19.8 Å². The number of hydrogen-bond donors (Lipinski definition) is 2. The minimum absolute atomic E-state index is 0.0899. The van der Waals surface area contributed by atoms with Crippen LogP contribution in [0.3, 0.4) is 0 Å². The molecule has 2 aromatic rings. The van der Waals surface area contributed by atoms with Gasteiger partial charge in [0, 0.05) is 6.42 Å². The second kappa shape index (κ2) is 11.0. The third-order valence-electron chi connectivity index (χ3n) is 4.15. The molecule has 176 valence electrons. The SMILES string of the molecule is C[C@@H](NC(=O)C(N)Cc1ccccc1OC(F)C(F)F)c1ccc(OCC(F)(F)F)cn1. The average Bonchev–Trinajstić information content (AvgIpc) is 2.73. The van der Waals surface area contributed by atoms with Gasteiger partial charge < -0.3 is 20.5 Å². The van der Waals surface area contributed by atoms with E-state index >= 15 is 0 Å². The third-order valence-corrected chi connectivity index (χ3v) is 4.15. The monoisotopic (exact) mass is 465 g/mol. The van der Waals surface area contributed by atoms with Crippen LogP contribution < -0.4 is 20.5 Å². The molecule has 0 saturated heterocycles. The second-order valence-corrected chi connectivity index (χ2v) is 6.77. The molecular formula is C20H21F6N3O3. The molecule has 0 radical (unpaired) electrons. The Hall–Kier alpha value is -3.02. The van der Waals surface area contributed by atoms with Gasteiger partial charge in [-0.2, -0.15) is 17.6 Å². The maximum absolute atomic E-state index is 13.2. The van der Waals surface area contributed by atoms with Gasteiger partial charge in [0.2, 0.25) is 5.91 Å². The third kappa shape index (κ3) is 7.91. The number of nitrogens with two attached hydrogens (primary N) is 1. The summed E-state index contributed by atoms with van der Waals surface area (Å²) in [4.78, 5) is 16.4. The van der Waals surface area contributed by atoms with Crippen LogP contribution >= 0.6 is 0 Å². The Morgan fingerprint density at radius 2 is 1.84 bits per heavy atom. The summed E-state index contributed by atoms with van der Waals surface area (Å²) in [7, 11) is 0. The Bertz CT molecular complexity index is 880. The molecule has 1 heterocycles. The van der Waals surface area contributed by atoms with Crippen LogP contribution in [-0.2, 0) is 11.2 Å². The number of nitrogens with one attached hydrogen (secondary N) is 1. The number of amides is 1. The number of nitrogens with zero attached hydrogens (tertiary/aromatic N) is 1. The fourth-order valence-corrected chi connectivity index (χ4v) is 2.58. The first-order chi connectivity index (χ1) is 15.0. The highest BCUT2D eigenvalue weighted by molar-refractivity contribution is 5.82. The van der Waals surface area contributed by atoms with Crippen molar-refractivity contribution in [2.45, 2.75) is 44.4 Å². The van der Waals surface area contributed by atoms with Crippen LogP contribution in [0.15, 0.2) is 42.6 Å². The molecule has 3 atom stereocenters. The van der Waals surface area contributed by atoms with Crippen molar-refractivity contribution in [1.82, 2.24) is 10.3 Å². The van der Waals surface area contributed by atoms with Crippen LogP contribution in [0.4, 0.5) is 26.3 Å². The van der Waals surface area contributed by atoms with E-state index in [0.717, 1.165) is 6.20 Å². The molecule has 12 heteroatoms. The second-order valence-electron chi connectivity index (χ2n) is 6.77. The Labute approximate surface area is 179 Å². The lowest BCUT2D eigenvalue weighted by atomic mass is 10.0. The molecule has 0 aliphatic rings. The largest absolute Gasteiger partial charge is 0.483 e. The standard InChI is InChI=1S/C20H21F6N3O3/c1-11(15-7-6-13(9-28-15)31-10-20(24,25)26)29-19(30)14(27)8-12-4-2-3-5-16(12)32-18(23)17(21)22/h2-7,9,11,14,17-18H,8,10,27H2,1H3,(H,29,30)/t11-,14?,18?/m1/s1. The number of ether oxygens (including phenoxy) is 2. The van der Waals surface area contributed by atoms with Gasteiger partial charge in [-0.1, -0.05) is 18.2 Å². The van der Waals surface area contributed by atoms with Gasteiger partial charge in [-0.05, 0) is 30.7 Å². The van der Waals surface area contributed by atoms with Gasteiger partial charge in [-0.15, -0.1) is 0 Å². The van der Waals surface area contributed by atoms with E-state index < -0.39 is 43.6 Å². The Balaban J connectivity index is 1.95. The maximum atomic E-state index is 13.2. The van der Waals surface area contributed by atoms with Gasteiger partial charge in [0.25, 0.3) is 6.36 Å². The number of hydrogen-bond acceptors (Lipinski definition) is 5. The van der Waals surface area contributed by atoms with Crippen LogP contribution in [-0.4, -0.2) is 42.5 Å². The van der Waals surface area contributed by atoms with Crippen LogP contribution in [0.1, 0.15) is 24.2 Å². The average molecular weight is 465 g/mol. The highest BCUT2D eigenvalue weighted by atomic mass is 19.4. The summed E-state index contributed by atoms with van der Waals surface area (Å²) in [5.41, 5.74) is 6.48. The number of aromatic nitrogens is 1. The summed E-state index contributed by atoms with van der Waals surface area (Å²) < 4.78 is 83.7. The van der Waals surface area contributed by atoms with E-state index in [0.29, 0.717) is 5.69 Å². The van der Waals surface area contributed by atoms with Crippen LogP contribution in [0.5, 0.6) is 11.5 Å². The molecule has 1 aromatic carbocycles. The molecule has 0 spiro atoms. The first-order valence-electron chi connectivity index (χ1n) is 9.34. The van der Waals surface area contributed by atoms with Crippen molar-refractivity contribution in [2.24, 2.45) is 5.73 Å². The number of halogens is 6. The minimum atomic E-state index is -4.48. The van der Waals surface area contributed by atoms with E-state index in [4.69, 9.17) is 5.73 Å². The van der Waals surface area contributed by atoms with Gasteiger partial charge in [0.1, 0.15) is 11.5 Å². The van der Waals surface area contributed by atoms with Crippen molar-refractivity contribution in [3.05, 3.63) is 53.9 Å². The first-order valence-corrected chi connectivity index (χ1v) is 9.34. The predicted octanol–water partition coefficient (Wildman–Crippen LogP) is 3.71. The first kappa shape index (κ1) is 25.2. The molecule has 0 saturated carbocycles. The zero-order valence-electron chi connectivity index (χ0n) is 16.8. The van der Waals surface area contributed by atoms with E-state index in [1.54, 1.807) is 13.0 Å². The van der Waals surface area contributed by atoms with Crippen molar-refractivity contribution in [3.63, 3.8) is 0 Å². The van der Waals surface area contributed by atoms with E-state index in [1.165, 1.54) is 30.3 Å². The highest BCUT2D eigenvalue weighted by Crippen LogP contribution is 2.23. The topological polar surface area (TPSA) is 86.5 Å². The van der Waals surface area contributed by atoms with Gasteiger partial charge in [0.05, 0.1) is 24.0 Å². The number of para-hydroxylation sites is 1. The van der Waals surface area contributed by atoms with Crippen molar-refractivity contribution < 1.29 is 40.6 Å². The minimum Gasteiger partial charge on any atom is -0.483 e. The quantitative estimate of drug-likeness (QED) is 0.523. The van der Waals surface area contributed by atoms with Crippen molar-refractivity contribution in [3.8, 4) is 11.5 Å². The summed E-state index contributed by atoms with van der Waals surface area (Å²) in [6.45, 7) is 0.122. The van der Waals surface area contributed by atoms with Crippen molar-refractivity contribution in [2.75, 3.05) is 6.61 Å². The van der Waals surface area contributed by atoms with Crippen LogP contribution in [0, 0.1) is 0 Å². The fourth-order valence-electron chi connectivity index (χ4n) is 2.58. The number of carbonyl (C=O) groups excluding carboxylic acids is 1. The lowest BCUT2D eigenvalue weighted by Gasteiger charge is -2.19. The molecule has 2 unspecified atom stereocenters. The molecule has 3 N–H and O–H groups in total. The molecule has 0 aliphatic carbocycles. The lowest BCUT2D eigenvalue weighted by molar-refractivity contribution is -0.153. The number of pyridine rings is 1. The van der Waals surface area contributed by atoms with Crippen molar-refractivity contribution in [1.29, 1.82) is 0 Å². The van der Waals surface area contributed by atoms with Gasteiger partial charge in [0.15, 0.2) is 6.61 Å². The molecule has 32 heavy (non-hydrogen) atoms. The zero-order valence-corrected chi connectivity index (χ0v) is 16.8. The van der Waals surface area contributed by atoms with Crippen LogP contribution in [0.2, 0.25) is 0 Å². The molecule has 0 bridgehead atoms. The molecule has 6 nitrogen and oxygen atoms in total. The summed E-state index contributed by atoms with van der Waals surface area (Å²) in [5, 5.41) is 2.59. The maximum Gasteiger partial charge on any atom is 0.422 e. The predicted molar refractivity (Wildman–Crippen MR) is 102 cm³/mol. The molecule has 1 amide bonds. The molecule has 0 fully saturated rings. The van der Waals surface area contributed by atoms with Gasteiger partial charge in [-0.25, -0.2) is 8.78 Å². The highest BCUT2D eigenvalue weighted by Gasteiger charge is 2.28. The van der Waals surface area contributed by atoms with E-state index in [9.17, 15) is 31.1 Å². The van der Waals surface area contributed by atoms with Gasteiger partial charge >= 0.3 is 12.6 Å². The van der Waals surface area contributed by atoms with E-state index in [1.807, 2.05) is 0 Å². The summed E-state index contributed by atoms with van der Waals surface area (Å²) >= 11 is 0. The Morgan fingerprint density at radius 1 is 1.16 bits per heavy atom. The molecular weight excluding hydrogens is 444 g/mol. The number of alkyl halides is 6. The molecule has 1 aromatic heterocycles. The fraction of sp³-hybridized carbons (Fsp3) is 0.400. The smallest absolute Gasteiger partial charge is 0.422 e. The Morgan fingerprint density at radius 3 is 2.44 bits per heavy atom. The summed E-state index contributed by atoms with van der Waals surface area (Å²) in [6.07, 6.45) is -9.67. The van der Waals surface area contributed by atoms with Crippen molar-refractivity contribution >= 4 is 5.91 Å². The molecule has 2 rings (SSSR count). The number of rotatable bonds is 10. The normalized spacial score (nSPS) is 14.5. The van der Waals surface area contributed by atoms with Crippen LogP contribution in [0.25, 0.3) is 0 Å². The zero-order chi connectivity index (χ0) is 23.9. The van der Waals surface area contributed by atoms with Gasteiger partial charge in [-0.3, -0.25) is 9.78 Å². The number of carbonyl (C=O) groups is 1. The summed E-state index contributed by atoms with van der Waals surface area (Å²) in [6, 6.07) is 6.65. The number of benzene rings is 1.